The molecule has 1 aromatic carbocycles. The van der Waals surface area contributed by atoms with Gasteiger partial charge in [0.1, 0.15) is 12.4 Å². The number of thiophene rings is 1. The molecule has 0 saturated carbocycles. The van der Waals surface area contributed by atoms with Crippen molar-refractivity contribution in [1.82, 2.24) is 5.32 Å². The van der Waals surface area contributed by atoms with Gasteiger partial charge in [-0.05, 0) is 30.0 Å². The summed E-state index contributed by atoms with van der Waals surface area (Å²) in [6, 6.07) is 7.30. The van der Waals surface area contributed by atoms with E-state index in [0.29, 0.717) is 13.2 Å². The Bertz CT molecular complexity index is 502. The van der Waals surface area contributed by atoms with Crippen molar-refractivity contribution in [3.63, 3.8) is 0 Å². The first kappa shape index (κ1) is 14.0. The van der Waals surface area contributed by atoms with Crippen molar-refractivity contribution in [1.29, 1.82) is 0 Å². The molecule has 0 aliphatic carbocycles. The Morgan fingerprint density at radius 1 is 1.16 bits per heavy atom. The molecule has 0 aliphatic heterocycles. The lowest BCUT2D eigenvalue weighted by Crippen LogP contribution is -2.23. The zero-order valence-electron chi connectivity index (χ0n) is 10.4. The predicted octanol–water partition coefficient (Wildman–Crippen LogP) is 3.24. The molecule has 102 valence electrons. The lowest BCUT2D eigenvalue weighted by Gasteiger charge is -2.08. The number of ether oxygens (including phenoxy) is 1. The number of hydrogen-bond acceptors (Lipinski definition) is 3. The van der Waals surface area contributed by atoms with Gasteiger partial charge in [-0.2, -0.15) is 0 Å². The predicted molar refractivity (Wildman–Crippen MR) is 72.7 cm³/mol. The lowest BCUT2D eigenvalue weighted by atomic mass is 10.3. The third-order valence-corrected chi connectivity index (χ3v) is 3.49. The van der Waals surface area contributed by atoms with Crippen LogP contribution >= 0.6 is 11.3 Å². The summed E-state index contributed by atoms with van der Waals surface area (Å²) in [6.45, 7) is 1.75. The van der Waals surface area contributed by atoms with Crippen molar-refractivity contribution in [2.24, 2.45) is 0 Å². The standard InChI is InChI=1S/C14H15F2NOS/c15-11-3-4-13(16)14(10-11)18-8-7-17-6-5-12-2-1-9-19-12/h1-4,9-10,17H,5-8H2. The van der Waals surface area contributed by atoms with Crippen molar-refractivity contribution < 1.29 is 13.5 Å². The van der Waals surface area contributed by atoms with Gasteiger partial charge in [0.25, 0.3) is 0 Å². The maximum Gasteiger partial charge on any atom is 0.165 e. The first-order chi connectivity index (χ1) is 9.25. The quantitative estimate of drug-likeness (QED) is 0.788. The van der Waals surface area contributed by atoms with E-state index in [2.05, 4.69) is 11.4 Å². The number of benzene rings is 1. The van der Waals surface area contributed by atoms with Crippen LogP contribution in [0.15, 0.2) is 35.7 Å². The summed E-state index contributed by atoms with van der Waals surface area (Å²) in [5, 5.41) is 5.24. The van der Waals surface area contributed by atoms with Crippen LogP contribution in [0.3, 0.4) is 0 Å². The van der Waals surface area contributed by atoms with Crippen LogP contribution in [0.5, 0.6) is 5.75 Å². The fourth-order valence-electron chi connectivity index (χ4n) is 1.61. The minimum atomic E-state index is -0.542. The Morgan fingerprint density at radius 2 is 2.05 bits per heavy atom. The van der Waals surface area contributed by atoms with Gasteiger partial charge in [-0.1, -0.05) is 6.07 Å². The third-order valence-electron chi connectivity index (χ3n) is 2.56. The zero-order chi connectivity index (χ0) is 13.5. The van der Waals surface area contributed by atoms with E-state index in [4.69, 9.17) is 4.74 Å². The molecule has 0 spiro atoms. The van der Waals surface area contributed by atoms with Gasteiger partial charge in [0, 0.05) is 24.0 Å². The molecule has 2 aromatic rings. The van der Waals surface area contributed by atoms with Crippen molar-refractivity contribution in [2.75, 3.05) is 19.7 Å². The highest BCUT2D eigenvalue weighted by molar-refractivity contribution is 7.09. The molecule has 0 fully saturated rings. The highest BCUT2D eigenvalue weighted by Gasteiger charge is 2.04. The fraction of sp³-hybridized carbons (Fsp3) is 0.286. The fourth-order valence-corrected chi connectivity index (χ4v) is 2.32. The minimum absolute atomic E-state index is 0.0416. The molecule has 0 radical (unpaired) electrons. The summed E-state index contributed by atoms with van der Waals surface area (Å²) >= 11 is 1.72. The molecule has 1 heterocycles. The van der Waals surface area contributed by atoms with Crippen LogP contribution in [0.25, 0.3) is 0 Å². The summed E-state index contributed by atoms with van der Waals surface area (Å²) < 4.78 is 31.3. The number of rotatable bonds is 7. The van der Waals surface area contributed by atoms with E-state index in [0.717, 1.165) is 31.2 Å². The van der Waals surface area contributed by atoms with Gasteiger partial charge in [-0.3, -0.25) is 0 Å². The average molecular weight is 283 g/mol. The molecule has 0 saturated heterocycles. The summed E-state index contributed by atoms with van der Waals surface area (Å²) in [4.78, 5) is 1.32. The summed E-state index contributed by atoms with van der Waals surface area (Å²) in [6.07, 6.45) is 0.964. The van der Waals surface area contributed by atoms with Crippen LogP contribution in [-0.4, -0.2) is 19.7 Å². The van der Waals surface area contributed by atoms with E-state index in [9.17, 15) is 8.78 Å². The Kier molecular flexibility index (Phi) is 5.30. The van der Waals surface area contributed by atoms with Crippen molar-refractivity contribution in [3.05, 3.63) is 52.2 Å². The smallest absolute Gasteiger partial charge is 0.165 e. The van der Waals surface area contributed by atoms with E-state index in [1.165, 1.54) is 4.88 Å². The Hall–Kier alpha value is -1.46. The van der Waals surface area contributed by atoms with Crippen molar-refractivity contribution in [3.8, 4) is 5.75 Å². The Morgan fingerprint density at radius 3 is 2.84 bits per heavy atom. The van der Waals surface area contributed by atoms with Crippen LogP contribution < -0.4 is 10.1 Å². The van der Waals surface area contributed by atoms with Gasteiger partial charge >= 0.3 is 0 Å². The van der Waals surface area contributed by atoms with Crippen LogP contribution in [0.4, 0.5) is 8.78 Å². The highest BCUT2D eigenvalue weighted by Crippen LogP contribution is 2.17. The molecule has 19 heavy (non-hydrogen) atoms. The maximum absolute atomic E-state index is 13.2. The molecule has 2 nitrogen and oxygen atoms in total. The van der Waals surface area contributed by atoms with E-state index < -0.39 is 11.6 Å². The molecule has 0 amide bonds. The molecule has 0 unspecified atom stereocenters. The maximum atomic E-state index is 13.2. The van der Waals surface area contributed by atoms with Gasteiger partial charge in [0.2, 0.25) is 0 Å². The minimum Gasteiger partial charge on any atom is -0.489 e. The zero-order valence-corrected chi connectivity index (χ0v) is 11.2. The molecule has 0 bridgehead atoms. The van der Waals surface area contributed by atoms with Crippen LogP contribution in [0, 0.1) is 11.6 Å². The SMILES string of the molecule is Fc1ccc(F)c(OCCNCCc2cccs2)c1. The van der Waals surface area contributed by atoms with Gasteiger partial charge in [-0.25, -0.2) is 8.78 Å². The van der Waals surface area contributed by atoms with Crippen LogP contribution in [0.2, 0.25) is 0 Å². The molecule has 5 heteroatoms. The highest BCUT2D eigenvalue weighted by atomic mass is 32.1. The monoisotopic (exact) mass is 283 g/mol. The van der Waals surface area contributed by atoms with E-state index in [1.54, 1.807) is 11.3 Å². The molecule has 2 rings (SSSR count). The van der Waals surface area contributed by atoms with E-state index >= 15 is 0 Å². The summed E-state index contributed by atoms with van der Waals surface area (Å²) in [5.41, 5.74) is 0. The second kappa shape index (κ2) is 7.21. The van der Waals surface area contributed by atoms with Gasteiger partial charge in [0.15, 0.2) is 11.6 Å². The van der Waals surface area contributed by atoms with Crippen LogP contribution in [0.1, 0.15) is 4.88 Å². The largest absolute Gasteiger partial charge is 0.489 e. The van der Waals surface area contributed by atoms with Gasteiger partial charge in [-0.15, -0.1) is 11.3 Å². The Balaban J connectivity index is 1.62. The van der Waals surface area contributed by atoms with E-state index in [1.807, 2.05) is 11.4 Å². The average Bonchev–Trinajstić information content (AvgIpc) is 2.90. The first-order valence-corrected chi connectivity index (χ1v) is 6.94. The molecule has 0 atom stereocenters. The molecule has 1 N–H and O–H groups in total. The number of halogens is 2. The number of nitrogens with one attached hydrogen (secondary N) is 1. The van der Waals surface area contributed by atoms with E-state index in [-0.39, 0.29) is 5.75 Å². The van der Waals surface area contributed by atoms with Crippen LogP contribution in [-0.2, 0) is 6.42 Å². The third kappa shape index (κ3) is 4.61. The molecule has 1 aromatic heterocycles. The molecular formula is C14H15F2NOS. The summed E-state index contributed by atoms with van der Waals surface area (Å²) in [7, 11) is 0. The molecular weight excluding hydrogens is 268 g/mol. The van der Waals surface area contributed by atoms with Gasteiger partial charge < -0.3 is 10.1 Å². The normalized spacial score (nSPS) is 10.6. The van der Waals surface area contributed by atoms with Crippen molar-refractivity contribution >= 4 is 11.3 Å². The topological polar surface area (TPSA) is 21.3 Å². The second-order valence-corrected chi connectivity index (χ2v) is 5.03. The summed E-state index contributed by atoms with van der Waals surface area (Å²) in [5.74, 6) is -1.08. The number of hydrogen-bond donors (Lipinski definition) is 1. The molecule has 0 aliphatic rings. The lowest BCUT2D eigenvalue weighted by molar-refractivity contribution is 0.297. The first-order valence-electron chi connectivity index (χ1n) is 6.06. The Labute approximate surface area is 115 Å². The van der Waals surface area contributed by atoms with Crippen molar-refractivity contribution in [2.45, 2.75) is 6.42 Å². The second-order valence-electron chi connectivity index (χ2n) is 4.00. The van der Waals surface area contributed by atoms with Gasteiger partial charge in [0.05, 0.1) is 0 Å².